The molecule has 0 atom stereocenters. The predicted molar refractivity (Wildman–Crippen MR) is 131 cm³/mol. The third kappa shape index (κ3) is 4.89. The maximum absolute atomic E-state index is 13.0. The molecule has 7 heteroatoms. The fourth-order valence-electron chi connectivity index (χ4n) is 4.24. The van der Waals surface area contributed by atoms with Gasteiger partial charge in [0.15, 0.2) is 0 Å². The van der Waals surface area contributed by atoms with Gasteiger partial charge in [0, 0.05) is 41.6 Å². The number of carbonyl (C=O) groups excluding carboxylic acids is 1. The lowest BCUT2D eigenvalue weighted by molar-refractivity contribution is -0.137. The Kier molecular flexibility index (Phi) is 5.99. The summed E-state index contributed by atoms with van der Waals surface area (Å²) in [5.74, 6) is -0.0334. The van der Waals surface area contributed by atoms with Crippen molar-refractivity contribution in [2.24, 2.45) is 0 Å². The van der Waals surface area contributed by atoms with E-state index in [9.17, 15) is 18.0 Å². The average molecular weight is 473 g/mol. The maximum atomic E-state index is 13.0. The smallest absolute Gasteiger partial charge is 0.355 e. The number of fused-ring (bicyclic) bond motifs is 1. The number of pyridine rings is 1. The molecule has 0 bridgehead atoms. The Labute approximate surface area is 200 Å². The first-order chi connectivity index (χ1) is 16.9. The van der Waals surface area contributed by atoms with Crippen LogP contribution < -0.4 is 5.32 Å². The largest absolute Gasteiger partial charge is 0.416 e. The van der Waals surface area contributed by atoms with Crippen molar-refractivity contribution < 1.29 is 18.0 Å². The number of carbonyl (C=O) groups is 1. The molecule has 0 aliphatic carbocycles. The lowest BCUT2D eigenvalue weighted by Gasteiger charge is -2.27. The molecule has 35 heavy (non-hydrogen) atoms. The molecule has 0 fully saturated rings. The Balaban J connectivity index is 1.29. The quantitative estimate of drug-likeness (QED) is 0.350. The van der Waals surface area contributed by atoms with Crippen LogP contribution in [0.2, 0.25) is 0 Å². The van der Waals surface area contributed by atoms with E-state index in [1.165, 1.54) is 23.4 Å². The first-order valence-electron chi connectivity index (χ1n) is 11.3. The molecule has 176 valence electrons. The molecular weight excluding hydrogens is 451 g/mol. The number of amides is 1. The molecule has 1 aliphatic heterocycles. The highest BCUT2D eigenvalue weighted by molar-refractivity contribution is 5.96. The fraction of sp³-hybridized carbons (Fsp3) is 0.143. The third-order valence-corrected chi connectivity index (χ3v) is 6.12. The van der Waals surface area contributed by atoms with E-state index in [0.29, 0.717) is 29.7 Å². The number of benzene rings is 3. The van der Waals surface area contributed by atoms with Gasteiger partial charge in [0.1, 0.15) is 0 Å². The van der Waals surface area contributed by atoms with Crippen molar-refractivity contribution >= 4 is 33.8 Å². The van der Waals surface area contributed by atoms with Crippen LogP contribution in [0.4, 0.5) is 24.5 Å². The van der Waals surface area contributed by atoms with Gasteiger partial charge in [0.25, 0.3) is 5.91 Å². The summed E-state index contributed by atoms with van der Waals surface area (Å²) >= 11 is 0. The van der Waals surface area contributed by atoms with Crippen molar-refractivity contribution in [3.05, 3.63) is 108 Å². The minimum atomic E-state index is -4.42. The molecule has 3 aromatic carbocycles. The van der Waals surface area contributed by atoms with Crippen molar-refractivity contribution in [2.75, 3.05) is 18.4 Å². The van der Waals surface area contributed by atoms with Gasteiger partial charge in [-0.3, -0.25) is 9.78 Å². The number of halogens is 3. The lowest BCUT2D eigenvalue weighted by Crippen LogP contribution is -2.34. The summed E-state index contributed by atoms with van der Waals surface area (Å²) in [6, 6.07) is 22.5. The van der Waals surface area contributed by atoms with Crippen LogP contribution >= 0.6 is 0 Å². The Morgan fingerprint density at radius 1 is 0.943 bits per heavy atom. The molecule has 4 aromatic rings. The Hall–Kier alpha value is -4.13. The van der Waals surface area contributed by atoms with E-state index in [1.807, 2.05) is 23.1 Å². The first kappa shape index (κ1) is 22.7. The van der Waals surface area contributed by atoms with E-state index in [2.05, 4.69) is 28.5 Å². The van der Waals surface area contributed by atoms with E-state index < -0.39 is 11.7 Å². The number of hydrogen-bond donors (Lipinski definition) is 1. The summed E-state index contributed by atoms with van der Waals surface area (Å²) in [6.07, 6.45) is -0.0444. The van der Waals surface area contributed by atoms with Crippen LogP contribution in [0.25, 0.3) is 16.5 Å². The maximum Gasteiger partial charge on any atom is 0.416 e. The second-order valence-electron chi connectivity index (χ2n) is 8.39. The zero-order valence-corrected chi connectivity index (χ0v) is 18.7. The van der Waals surface area contributed by atoms with Crippen molar-refractivity contribution in [3.8, 4) is 0 Å². The zero-order chi connectivity index (χ0) is 24.4. The molecule has 4 nitrogen and oxygen atoms in total. The van der Waals surface area contributed by atoms with E-state index in [0.717, 1.165) is 24.2 Å². The molecule has 1 N–H and O–H groups in total. The highest BCUT2D eigenvalue weighted by atomic mass is 19.4. The van der Waals surface area contributed by atoms with Crippen LogP contribution in [0.5, 0.6) is 0 Å². The minimum absolute atomic E-state index is 0.0334. The molecule has 0 saturated heterocycles. The summed E-state index contributed by atoms with van der Waals surface area (Å²) in [5.41, 5.74) is 3.90. The summed E-state index contributed by atoms with van der Waals surface area (Å²) in [5, 5.41) is 3.80. The van der Waals surface area contributed by atoms with Gasteiger partial charge < -0.3 is 10.2 Å². The first-order valence-corrected chi connectivity index (χ1v) is 11.3. The second-order valence-corrected chi connectivity index (χ2v) is 8.39. The second kappa shape index (κ2) is 9.25. The molecule has 5 rings (SSSR count). The third-order valence-electron chi connectivity index (χ3n) is 6.12. The zero-order valence-electron chi connectivity index (χ0n) is 18.7. The minimum Gasteiger partial charge on any atom is -0.355 e. The predicted octanol–water partition coefficient (Wildman–Crippen LogP) is 6.93. The van der Waals surface area contributed by atoms with Crippen molar-refractivity contribution in [2.45, 2.75) is 12.6 Å². The van der Waals surface area contributed by atoms with Crippen LogP contribution in [0, 0.1) is 0 Å². The van der Waals surface area contributed by atoms with Crippen LogP contribution in [0.15, 0.2) is 91.1 Å². The normalized spacial score (nSPS) is 14.0. The number of anilines is 2. The topological polar surface area (TPSA) is 45.2 Å². The van der Waals surface area contributed by atoms with Gasteiger partial charge in [0.05, 0.1) is 11.1 Å². The van der Waals surface area contributed by atoms with E-state index in [-0.39, 0.29) is 11.4 Å². The van der Waals surface area contributed by atoms with Gasteiger partial charge >= 0.3 is 6.18 Å². The van der Waals surface area contributed by atoms with Crippen LogP contribution in [-0.2, 0) is 6.18 Å². The monoisotopic (exact) mass is 473 g/mol. The number of hydrogen-bond acceptors (Lipinski definition) is 3. The molecule has 1 amide bonds. The summed E-state index contributed by atoms with van der Waals surface area (Å²) in [7, 11) is 0. The molecule has 0 spiro atoms. The highest BCUT2D eigenvalue weighted by Crippen LogP contribution is 2.33. The molecule has 0 saturated carbocycles. The standard InChI is InChI=1S/C28H22F3N3O/c29-28(30,31)22-8-11-24-25(12-15-32-26(24)18-22)33-23-9-6-21(7-10-23)27(35)34-16-13-20(14-17-34)19-4-2-1-3-5-19/h1-13,15,18H,14,16-17H2,(H,32,33). The fourth-order valence-corrected chi connectivity index (χ4v) is 4.24. The number of nitrogens with zero attached hydrogens (tertiary/aromatic N) is 2. The van der Waals surface area contributed by atoms with Crippen LogP contribution in [0.1, 0.15) is 27.9 Å². The van der Waals surface area contributed by atoms with Crippen molar-refractivity contribution in [1.29, 1.82) is 0 Å². The number of rotatable bonds is 4. The van der Waals surface area contributed by atoms with E-state index in [4.69, 9.17) is 0 Å². The molecule has 1 aliphatic rings. The molecule has 0 unspecified atom stereocenters. The Bertz CT molecular complexity index is 1400. The SMILES string of the molecule is O=C(c1ccc(Nc2ccnc3cc(C(F)(F)F)ccc23)cc1)N1CC=C(c2ccccc2)CC1. The lowest BCUT2D eigenvalue weighted by atomic mass is 9.99. The Morgan fingerprint density at radius 2 is 1.71 bits per heavy atom. The van der Waals surface area contributed by atoms with Crippen molar-refractivity contribution in [1.82, 2.24) is 9.88 Å². The molecule has 0 radical (unpaired) electrons. The molecular formula is C28H22F3N3O. The number of aromatic nitrogens is 1. The molecule has 1 aromatic heterocycles. The molecule has 2 heterocycles. The van der Waals surface area contributed by atoms with Gasteiger partial charge in [0.2, 0.25) is 0 Å². The summed E-state index contributed by atoms with van der Waals surface area (Å²) in [6.45, 7) is 1.22. The van der Waals surface area contributed by atoms with Gasteiger partial charge in [-0.05, 0) is 60.0 Å². The van der Waals surface area contributed by atoms with E-state index >= 15 is 0 Å². The van der Waals surface area contributed by atoms with E-state index in [1.54, 1.807) is 30.3 Å². The highest BCUT2D eigenvalue weighted by Gasteiger charge is 2.30. The van der Waals surface area contributed by atoms with Gasteiger partial charge in [-0.2, -0.15) is 13.2 Å². The van der Waals surface area contributed by atoms with Crippen LogP contribution in [0.3, 0.4) is 0 Å². The summed E-state index contributed by atoms with van der Waals surface area (Å²) in [4.78, 5) is 18.9. The van der Waals surface area contributed by atoms with Crippen molar-refractivity contribution in [3.63, 3.8) is 0 Å². The van der Waals surface area contributed by atoms with Crippen LogP contribution in [-0.4, -0.2) is 28.9 Å². The van der Waals surface area contributed by atoms with Gasteiger partial charge in [-0.15, -0.1) is 0 Å². The van der Waals surface area contributed by atoms with Gasteiger partial charge in [-0.1, -0.05) is 42.5 Å². The van der Waals surface area contributed by atoms with Gasteiger partial charge in [-0.25, -0.2) is 0 Å². The summed E-state index contributed by atoms with van der Waals surface area (Å²) < 4.78 is 39.1. The Morgan fingerprint density at radius 3 is 2.40 bits per heavy atom. The number of alkyl halides is 3. The average Bonchev–Trinajstić information content (AvgIpc) is 2.89. The number of nitrogens with one attached hydrogen (secondary N) is 1.